The fraction of sp³-hybridized carbons (Fsp3) is 0.150. The van der Waals surface area contributed by atoms with Crippen LogP contribution < -0.4 is 5.73 Å². The Hall–Kier alpha value is -3.00. The van der Waals surface area contributed by atoms with Gasteiger partial charge in [0.25, 0.3) is 5.25 Å². The molecule has 0 saturated carbocycles. The Kier molecular flexibility index (Phi) is 4.30. The lowest BCUT2D eigenvalue weighted by molar-refractivity contribution is -0.0902. The van der Waals surface area contributed by atoms with E-state index >= 15 is 0 Å². The Bertz CT molecular complexity index is 1180. The standard InChI is InChI=1S/C20H18ClN5O2/c1-11-10-16-19(24-12(11)2)26(14-7-5-13(6-8-14)20(21,27)28)18(25-16)15-4-3-9-23-17(15)22/h3-10,27-28H,1-2H3,(H2,22,23). The first-order valence-electron chi connectivity index (χ1n) is 8.58. The molecule has 0 radical (unpaired) electrons. The summed E-state index contributed by atoms with van der Waals surface area (Å²) in [6, 6.07) is 12.1. The van der Waals surface area contributed by atoms with E-state index in [4.69, 9.17) is 27.3 Å². The number of aromatic nitrogens is 4. The maximum absolute atomic E-state index is 9.58. The SMILES string of the molecule is Cc1cc2nc(-c3cccnc3N)n(-c3ccc(C(O)(O)Cl)cc3)c2nc1C. The summed E-state index contributed by atoms with van der Waals surface area (Å²) in [5.41, 5.74) is 11.0. The number of nitrogen functional groups attached to an aromatic ring is 1. The van der Waals surface area contributed by atoms with E-state index in [2.05, 4.69) is 4.98 Å². The molecule has 3 aromatic heterocycles. The molecule has 3 heterocycles. The normalized spacial score (nSPS) is 11.9. The number of hydrogen-bond acceptors (Lipinski definition) is 6. The van der Waals surface area contributed by atoms with Crippen LogP contribution in [0.1, 0.15) is 16.8 Å². The lowest BCUT2D eigenvalue weighted by Crippen LogP contribution is -2.16. The van der Waals surface area contributed by atoms with E-state index in [1.54, 1.807) is 24.4 Å². The number of nitrogens with zero attached hydrogens (tertiary/aromatic N) is 4. The molecule has 4 rings (SSSR count). The summed E-state index contributed by atoms with van der Waals surface area (Å²) in [4.78, 5) is 13.6. The van der Waals surface area contributed by atoms with Crippen molar-refractivity contribution in [3.05, 3.63) is 65.5 Å². The van der Waals surface area contributed by atoms with Gasteiger partial charge in [-0.1, -0.05) is 23.7 Å². The van der Waals surface area contributed by atoms with E-state index < -0.39 is 5.25 Å². The van der Waals surface area contributed by atoms with Crippen LogP contribution in [0.4, 0.5) is 5.82 Å². The van der Waals surface area contributed by atoms with Crippen molar-refractivity contribution in [1.82, 2.24) is 19.5 Å². The molecule has 4 N–H and O–H groups in total. The molecule has 0 atom stereocenters. The van der Waals surface area contributed by atoms with Crippen LogP contribution in [0, 0.1) is 13.8 Å². The number of benzene rings is 1. The van der Waals surface area contributed by atoms with Gasteiger partial charge in [0.2, 0.25) is 0 Å². The minimum Gasteiger partial charge on any atom is -0.383 e. The van der Waals surface area contributed by atoms with Crippen molar-refractivity contribution in [2.75, 3.05) is 5.73 Å². The number of fused-ring (bicyclic) bond motifs is 1. The summed E-state index contributed by atoms with van der Waals surface area (Å²) in [5.74, 6) is 0.950. The third-order valence-electron chi connectivity index (χ3n) is 4.65. The zero-order valence-corrected chi connectivity index (χ0v) is 16.0. The van der Waals surface area contributed by atoms with Crippen molar-refractivity contribution in [2.45, 2.75) is 19.1 Å². The number of rotatable bonds is 3. The van der Waals surface area contributed by atoms with E-state index in [0.29, 0.717) is 22.9 Å². The zero-order chi connectivity index (χ0) is 20.1. The molecule has 28 heavy (non-hydrogen) atoms. The van der Waals surface area contributed by atoms with Crippen LogP contribution in [0.25, 0.3) is 28.2 Å². The molecule has 0 amide bonds. The minimum atomic E-state index is -2.43. The molecule has 7 nitrogen and oxygen atoms in total. The van der Waals surface area contributed by atoms with Gasteiger partial charge in [0, 0.05) is 23.1 Å². The number of imidazole rings is 1. The smallest absolute Gasteiger partial charge is 0.271 e. The largest absolute Gasteiger partial charge is 0.383 e. The van der Waals surface area contributed by atoms with E-state index in [1.807, 2.05) is 30.5 Å². The number of nitrogens with two attached hydrogens (primary N) is 1. The molecular weight excluding hydrogens is 378 g/mol. The average molecular weight is 396 g/mol. The van der Waals surface area contributed by atoms with Crippen molar-refractivity contribution >= 4 is 28.6 Å². The van der Waals surface area contributed by atoms with Crippen LogP contribution in [0.3, 0.4) is 0 Å². The lowest BCUT2D eigenvalue weighted by Gasteiger charge is -2.15. The molecule has 0 unspecified atom stereocenters. The summed E-state index contributed by atoms with van der Waals surface area (Å²) in [7, 11) is 0. The number of aryl methyl sites for hydroxylation is 2. The molecular formula is C20H18ClN5O2. The highest BCUT2D eigenvalue weighted by Crippen LogP contribution is 2.32. The summed E-state index contributed by atoms with van der Waals surface area (Å²) in [6.45, 7) is 3.92. The summed E-state index contributed by atoms with van der Waals surface area (Å²) < 4.78 is 1.86. The Morgan fingerprint density at radius 1 is 1.07 bits per heavy atom. The quantitative estimate of drug-likeness (QED) is 0.363. The maximum atomic E-state index is 9.58. The highest BCUT2D eigenvalue weighted by atomic mass is 35.5. The van der Waals surface area contributed by atoms with Gasteiger partial charge in [-0.25, -0.2) is 15.0 Å². The highest BCUT2D eigenvalue weighted by molar-refractivity contribution is 6.21. The molecule has 0 saturated heterocycles. The second-order valence-electron chi connectivity index (χ2n) is 6.57. The van der Waals surface area contributed by atoms with Crippen LogP contribution >= 0.6 is 11.6 Å². The zero-order valence-electron chi connectivity index (χ0n) is 15.3. The monoisotopic (exact) mass is 395 g/mol. The van der Waals surface area contributed by atoms with Crippen LogP contribution in [0.15, 0.2) is 48.7 Å². The lowest BCUT2D eigenvalue weighted by atomic mass is 10.2. The number of anilines is 1. The first kappa shape index (κ1) is 18.4. The average Bonchev–Trinajstić information content (AvgIpc) is 3.00. The van der Waals surface area contributed by atoms with Gasteiger partial charge in [0.05, 0.1) is 5.56 Å². The summed E-state index contributed by atoms with van der Waals surface area (Å²) >= 11 is 5.57. The number of pyridine rings is 2. The van der Waals surface area contributed by atoms with Gasteiger partial charge in [0.1, 0.15) is 11.3 Å². The Labute approximate surface area is 166 Å². The van der Waals surface area contributed by atoms with Gasteiger partial charge in [-0.05, 0) is 49.7 Å². The van der Waals surface area contributed by atoms with E-state index in [9.17, 15) is 10.2 Å². The molecule has 1 aromatic carbocycles. The number of hydrogen-bond donors (Lipinski definition) is 3. The Morgan fingerprint density at radius 3 is 2.43 bits per heavy atom. The molecule has 0 aliphatic carbocycles. The summed E-state index contributed by atoms with van der Waals surface area (Å²) in [5, 5.41) is 16.7. The third-order valence-corrected chi connectivity index (χ3v) is 4.87. The van der Waals surface area contributed by atoms with Crippen molar-refractivity contribution in [2.24, 2.45) is 0 Å². The van der Waals surface area contributed by atoms with E-state index in [0.717, 1.165) is 22.5 Å². The van der Waals surface area contributed by atoms with E-state index in [-0.39, 0.29) is 5.56 Å². The first-order chi connectivity index (χ1) is 13.3. The predicted octanol–water partition coefficient (Wildman–Crippen LogP) is 3.02. The van der Waals surface area contributed by atoms with Crippen molar-refractivity contribution in [1.29, 1.82) is 0 Å². The van der Waals surface area contributed by atoms with Crippen LogP contribution in [-0.2, 0) is 5.25 Å². The molecule has 0 aliphatic heterocycles. The maximum Gasteiger partial charge on any atom is 0.271 e. The third kappa shape index (κ3) is 3.09. The van der Waals surface area contributed by atoms with Gasteiger partial charge >= 0.3 is 0 Å². The van der Waals surface area contributed by atoms with Gasteiger partial charge in [-0.15, -0.1) is 0 Å². The molecule has 0 aliphatic rings. The molecule has 8 heteroatoms. The van der Waals surface area contributed by atoms with Crippen LogP contribution in [0.5, 0.6) is 0 Å². The molecule has 0 spiro atoms. The van der Waals surface area contributed by atoms with Gasteiger partial charge in [0.15, 0.2) is 11.5 Å². The fourth-order valence-corrected chi connectivity index (χ4v) is 3.17. The molecule has 0 bridgehead atoms. The van der Waals surface area contributed by atoms with E-state index in [1.165, 1.54) is 12.1 Å². The summed E-state index contributed by atoms with van der Waals surface area (Å²) in [6.07, 6.45) is 1.62. The molecule has 142 valence electrons. The number of aliphatic hydroxyl groups is 2. The fourth-order valence-electron chi connectivity index (χ4n) is 3.04. The number of halogens is 1. The number of alkyl halides is 1. The molecule has 0 fully saturated rings. The van der Waals surface area contributed by atoms with Crippen LogP contribution in [0.2, 0.25) is 0 Å². The minimum absolute atomic E-state index is 0.157. The Morgan fingerprint density at radius 2 is 1.79 bits per heavy atom. The van der Waals surface area contributed by atoms with Crippen LogP contribution in [-0.4, -0.2) is 29.7 Å². The predicted molar refractivity (Wildman–Crippen MR) is 108 cm³/mol. The topological polar surface area (TPSA) is 110 Å². The van der Waals surface area contributed by atoms with Crippen molar-refractivity contribution < 1.29 is 10.2 Å². The van der Waals surface area contributed by atoms with Crippen molar-refractivity contribution in [3.8, 4) is 17.1 Å². The second kappa shape index (κ2) is 6.56. The Balaban J connectivity index is 2.01. The van der Waals surface area contributed by atoms with Gasteiger partial charge in [-0.3, -0.25) is 4.57 Å². The van der Waals surface area contributed by atoms with Gasteiger partial charge < -0.3 is 15.9 Å². The van der Waals surface area contributed by atoms with Crippen molar-refractivity contribution in [3.63, 3.8) is 0 Å². The molecule has 4 aromatic rings. The second-order valence-corrected chi connectivity index (χ2v) is 7.10. The van der Waals surface area contributed by atoms with Gasteiger partial charge in [-0.2, -0.15) is 0 Å². The first-order valence-corrected chi connectivity index (χ1v) is 8.95. The highest BCUT2D eigenvalue weighted by Gasteiger charge is 2.23.